The van der Waals surface area contributed by atoms with Crippen LogP contribution in [0.25, 0.3) is 0 Å². The van der Waals surface area contributed by atoms with Gasteiger partial charge < -0.3 is 10.6 Å². The van der Waals surface area contributed by atoms with E-state index < -0.39 is 0 Å². The molecule has 1 aliphatic rings. The summed E-state index contributed by atoms with van der Waals surface area (Å²) in [5, 5.41) is 6.75. The first-order valence-electron chi connectivity index (χ1n) is 7.47. The van der Waals surface area contributed by atoms with Gasteiger partial charge in [0.2, 0.25) is 0 Å². The van der Waals surface area contributed by atoms with Crippen LogP contribution in [0, 0.1) is 5.92 Å². The molecule has 0 aromatic heterocycles. The molecule has 0 amide bonds. The van der Waals surface area contributed by atoms with E-state index >= 15 is 0 Å². The van der Waals surface area contributed by atoms with Crippen molar-refractivity contribution in [3.05, 3.63) is 0 Å². The molecule has 0 aliphatic heterocycles. The van der Waals surface area contributed by atoms with E-state index in [-0.39, 0.29) is 0 Å². The van der Waals surface area contributed by atoms with Crippen molar-refractivity contribution in [1.82, 2.24) is 15.5 Å². The molecule has 0 bridgehead atoms. The van der Waals surface area contributed by atoms with E-state index in [4.69, 9.17) is 0 Å². The molecule has 1 saturated carbocycles. The SMILES string of the molecule is CCNC(=NCC(C)N(CC)CC)NCC1CC1. The normalized spacial score (nSPS) is 17.9. The molecule has 4 heteroatoms. The molecule has 1 aliphatic carbocycles. The quantitative estimate of drug-likeness (QED) is 0.511. The number of hydrogen-bond acceptors (Lipinski definition) is 2. The van der Waals surface area contributed by atoms with Crippen molar-refractivity contribution in [1.29, 1.82) is 0 Å². The third kappa shape index (κ3) is 5.71. The second-order valence-electron chi connectivity index (χ2n) is 5.11. The second-order valence-corrected chi connectivity index (χ2v) is 5.11. The van der Waals surface area contributed by atoms with E-state index in [0.29, 0.717) is 6.04 Å². The molecule has 18 heavy (non-hydrogen) atoms. The minimum Gasteiger partial charge on any atom is -0.357 e. The fourth-order valence-corrected chi connectivity index (χ4v) is 2.09. The van der Waals surface area contributed by atoms with Gasteiger partial charge in [-0.2, -0.15) is 0 Å². The van der Waals surface area contributed by atoms with Crippen LogP contribution in [0.3, 0.4) is 0 Å². The first-order valence-corrected chi connectivity index (χ1v) is 7.47. The Kier molecular flexibility index (Phi) is 7.09. The fraction of sp³-hybridized carbons (Fsp3) is 0.929. The largest absolute Gasteiger partial charge is 0.357 e. The Balaban J connectivity index is 2.36. The zero-order valence-corrected chi connectivity index (χ0v) is 12.5. The van der Waals surface area contributed by atoms with Crippen LogP contribution in [-0.4, -0.2) is 49.6 Å². The minimum absolute atomic E-state index is 0.511. The van der Waals surface area contributed by atoms with Crippen molar-refractivity contribution in [3.8, 4) is 0 Å². The molecule has 1 atom stereocenters. The van der Waals surface area contributed by atoms with Crippen LogP contribution >= 0.6 is 0 Å². The van der Waals surface area contributed by atoms with Gasteiger partial charge in [-0.05, 0) is 45.7 Å². The van der Waals surface area contributed by atoms with Gasteiger partial charge in [0.05, 0.1) is 6.54 Å². The summed E-state index contributed by atoms with van der Waals surface area (Å²) in [6.07, 6.45) is 2.75. The second kappa shape index (κ2) is 8.35. The van der Waals surface area contributed by atoms with Crippen molar-refractivity contribution in [2.75, 3.05) is 32.7 Å². The van der Waals surface area contributed by atoms with E-state index in [0.717, 1.165) is 44.6 Å². The first-order chi connectivity index (χ1) is 8.71. The summed E-state index contributed by atoms with van der Waals surface area (Å²) < 4.78 is 0. The topological polar surface area (TPSA) is 39.7 Å². The molecule has 0 heterocycles. The highest BCUT2D eigenvalue weighted by Gasteiger charge is 2.21. The van der Waals surface area contributed by atoms with Gasteiger partial charge in [0.1, 0.15) is 0 Å². The molecule has 1 rings (SSSR count). The van der Waals surface area contributed by atoms with Crippen LogP contribution in [-0.2, 0) is 0 Å². The van der Waals surface area contributed by atoms with Gasteiger partial charge in [-0.25, -0.2) is 0 Å². The number of nitrogens with one attached hydrogen (secondary N) is 2. The van der Waals surface area contributed by atoms with E-state index in [2.05, 4.69) is 48.2 Å². The predicted octanol–water partition coefficient (Wildman–Crippen LogP) is 1.68. The molecule has 106 valence electrons. The number of likely N-dealkylation sites (N-methyl/N-ethyl adjacent to an activating group) is 1. The molecule has 1 fully saturated rings. The maximum absolute atomic E-state index is 4.68. The maximum atomic E-state index is 4.68. The predicted molar refractivity (Wildman–Crippen MR) is 79.1 cm³/mol. The number of guanidine groups is 1. The molecule has 2 N–H and O–H groups in total. The molecular formula is C14H30N4. The van der Waals surface area contributed by atoms with Gasteiger partial charge in [-0.1, -0.05) is 13.8 Å². The Bertz CT molecular complexity index is 244. The Morgan fingerprint density at radius 2 is 1.89 bits per heavy atom. The maximum Gasteiger partial charge on any atom is 0.191 e. The summed E-state index contributed by atoms with van der Waals surface area (Å²) in [5.74, 6) is 1.86. The number of rotatable bonds is 8. The van der Waals surface area contributed by atoms with Crippen LogP contribution in [0.15, 0.2) is 4.99 Å². The van der Waals surface area contributed by atoms with Crippen molar-refractivity contribution in [2.45, 2.75) is 46.6 Å². The standard InChI is InChI=1S/C14H30N4/c1-5-15-14(17-11-13-8-9-13)16-10-12(4)18(6-2)7-3/h12-13H,5-11H2,1-4H3,(H2,15,16,17). The molecule has 0 radical (unpaired) electrons. The Morgan fingerprint density at radius 1 is 1.22 bits per heavy atom. The van der Waals surface area contributed by atoms with Crippen LogP contribution in [0.2, 0.25) is 0 Å². The summed E-state index contributed by atoms with van der Waals surface area (Å²) in [6, 6.07) is 0.511. The Morgan fingerprint density at radius 3 is 2.39 bits per heavy atom. The summed E-state index contributed by atoms with van der Waals surface area (Å²) >= 11 is 0. The van der Waals surface area contributed by atoms with Gasteiger partial charge in [0, 0.05) is 19.1 Å². The molecule has 0 saturated heterocycles. The number of hydrogen-bond donors (Lipinski definition) is 2. The van der Waals surface area contributed by atoms with Gasteiger partial charge in [0.15, 0.2) is 5.96 Å². The third-order valence-electron chi connectivity index (χ3n) is 3.55. The lowest BCUT2D eigenvalue weighted by Crippen LogP contribution is -2.40. The van der Waals surface area contributed by atoms with Crippen molar-refractivity contribution in [2.24, 2.45) is 10.9 Å². The number of aliphatic imine (C=N–C) groups is 1. The van der Waals surface area contributed by atoms with Crippen LogP contribution < -0.4 is 10.6 Å². The third-order valence-corrected chi connectivity index (χ3v) is 3.55. The molecule has 0 spiro atoms. The van der Waals surface area contributed by atoms with E-state index in [9.17, 15) is 0 Å². The zero-order valence-electron chi connectivity index (χ0n) is 12.5. The van der Waals surface area contributed by atoms with Crippen molar-refractivity contribution >= 4 is 5.96 Å². The highest BCUT2D eigenvalue weighted by molar-refractivity contribution is 5.79. The highest BCUT2D eigenvalue weighted by atomic mass is 15.2. The van der Waals surface area contributed by atoms with Gasteiger partial charge in [0.25, 0.3) is 0 Å². The fourth-order valence-electron chi connectivity index (χ4n) is 2.09. The monoisotopic (exact) mass is 254 g/mol. The zero-order chi connectivity index (χ0) is 13.4. The molecular weight excluding hydrogens is 224 g/mol. The van der Waals surface area contributed by atoms with Crippen molar-refractivity contribution in [3.63, 3.8) is 0 Å². The van der Waals surface area contributed by atoms with Crippen LogP contribution in [0.4, 0.5) is 0 Å². The summed E-state index contributed by atoms with van der Waals surface area (Å²) in [5.41, 5.74) is 0. The lowest BCUT2D eigenvalue weighted by molar-refractivity contribution is 0.237. The van der Waals surface area contributed by atoms with Gasteiger partial charge >= 0.3 is 0 Å². The average molecular weight is 254 g/mol. The van der Waals surface area contributed by atoms with E-state index in [1.54, 1.807) is 0 Å². The van der Waals surface area contributed by atoms with Crippen molar-refractivity contribution < 1.29 is 0 Å². The molecule has 0 aromatic rings. The summed E-state index contributed by atoms with van der Waals surface area (Å²) in [4.78, 5) is 7.12. The van der Waals surface area contributed by atoms with Gasteiger partial charge in [-0.15, -0.1) is 0 Å². The Hall–Kier alpha value is -0.770. The molecule has 0 aromatic carbocycles. The Labute approximate surface area is 112 Å². The summed E-state index contributed by atoms with van der Waals surface area (Å²) in [7, 11) is 0. The average Bonchev–Trinajstić information content (AvgIpc) is 3.18. The highest BCUT2D eigenvalue weighted by Crippen LogP contribution is 2.27. The van der Waals surface area contributed by atoms with E-state index in [1.807, 2.05) is 0 Å². The first kappa shape index (κ1) is 15.3. The minimum atomic E-state index is 0.511. The smallest absolute Gasteiger partial charge is 0.191 e. The molecule has 1 unspecified atom stereocenters. The van der Waals surface area contributed by atoms with Gasteiger partial charge in [-0.3, -0.25) is 9.89 Å². The summed E-state index contributed by atoms with van der Waals surface area (Å²) in [6.45, 7) is 13.8. The van der Waals surface area contributed by atoms with Crippen LogP contribution in [0.1, 0.15) is 40.5 Å². The van der Waals surface area contributed by atoms with Crippen LogP contribution in [0.5, 0.6) is 0 Å². The van der Waals surface area contributed by atoms with E-state index in [1.165, 1.54) is 12.8 Å². The lowest BCUT2D eigenvalue weighted by atomic mass is 10.3. The lowest BCUT2D eigenvalue weighted by Gasteiger charge is -2.25. The molecule has 4 nitrogen and oxygen atoms in total. The number of nitrogens with zero attached hydrogens (tertiary/aromatic N) is 2.